The molecule has 6 heteroatoms. The number of hydrogen-bond acceptors (Lipinski definition) is 3. The fraction of sp³-hybridized carbons (Fsp3) is 0.800. The topological polar surface area (TPSA) is 95.5 Å². The summed E-state index contributed by atoms with van der Waals surface area (Å²) < 4.78 is 0. The van der Waals surface area contributed by atoms with Gasteiger partial charge in [0.05, 0.1) is 0 Å². The molecule has 0 spiro atoms. The Morgan fingerprint density at radius 1 is 1.24 bits per heavy atom. The summed E-state index contributed by atoms with van der Waals surface area (Å²) in [5.74, 6) is -1.29. The van der Waals surface area contributed by atoms with Crippen LogP contribution in [0.5, 0.6) is 0 Å². The highest BCUT2D eigenvalue weighted by Crippen LogP contribution is 2.24. The van der Waals surface area contributed by atoms with E-state index in [1.165, 1.54) is 6.92 Å². The number of carbonyl (C=O) groups excluding carboxylic acids is 2. The normalized spacial score (nSPS) is 18.0. The fourth-order valence-electron chi connectivity index (χ4n) is 2.72. The van der Waals surface area contributed by atoms with Gasteiger partial charge in [0.25, 0.3) is 0 Å². The molecule has 1 fully saturated rings. The molecule has 6 nitrogen and oxygen atoms in total. The van der Waals surface area contributed by atoms with Crippen molar-refractivity contribution in [1.29, 1.82) is 0 Å². The van der Waals surface area contributed by atoms with Crippen molar-refractivity contribution in [3.63, 3.8) is 0 Å². The molecule has 0 aromatic carbocycles. The van der Waals surface area contributed by atoms with Crippen LogP contribution in [0.2, 0.25) is 0 Å². The molecule has 1 aliphatic rings. The molecular weight excluding hydrogens is 272 g/mol. The highest BCUT2D eigenvalue weighted by atomic mass is 16.4. The second-order valence-corrected chi connectivity index (χ2v) is 5.96. The number of aliphatic carboxylic acids is 1. The maximum absolute atomic E-state index is 11.8. The standard InChI is InChI=1S/C15H26N2O4/c1-3-9-15(2,14(20)21)17-12(18)8-10-16-13(19)11-6-4-5-7-11/h11H,3-10H2,1-2H3,(H,16,19)(H,17,18)(H,20,21). The summed E-state index contributed by atoms with van der Waals surface area (Å²) in [5.41, 5.74) is -1.23. The lowest BCUT2D eigenvalue weighted by atomic mass is 9.96. The van der Waals surface area contributed by atoms with Crippen LogP contribution in [0.3, 0.4) is 0 Å². The minimum Gasteiger partial charge on any atom is -0.480 e. The van der Waals surface area contributed by atoms with Gasteiger partial charge in [0, 0.05) is 18.9 Å². The van der Waals surface area contributed by atoms with Gasteiger partial charge in [-0.15, -0.1) is 0 Å². The molecule has 0 aromatic rings. The van der Waals surface area contributed by atoms with Gasteiger partial charge in [0.1, 0.15) is 5.54 Å². The van der Waals surface area contributed by atoms with Gasteiger partial charge in [-0.25, -0.2) is 4.79 Å². The van der Waals surface area contributed by atoms with Gasteiger partial charge in [0.2, 0.25) is 11.8 Å². The zero-order valence-electron chi connectivity index (χ0n) is 12.9. The zero-order valence-corrected chi connectivity index (χ0v) is 12.9. The van der Waals surface area contributed by atoms with E-state index in [2.05, 4.69) is 10.6 Å². The van der Waals surface area contributed by atoms with Crippen molar-refractivity contribution in [2.24, 2.45) is 5.92 Å². The smallest absolute Gasteiger partial charge is 0.329 e. The highest BCUT2D eigenvalue weighted by Gasteiger charge is 2.33. The lowest BCUT2D eigenvalue weighted by Gasteiger charge is -2.25. The second kappa shape index (κ2) is 8.00. The Morgan fingerprint density at radius 3 is 2.38 bits per heavy atom. The van der Waals surface area contributed by atoms with Crippen molar-refractivity contribution in [3.8, 4) is 0 Å². The Bertz CT molecular complexity index is 391. The molecule has 0 radical (unpaired) electrons. The molecule has 1 unspecified atom stereocenters. The summed E-state index contributed by atoms with van der Waals surface area (Å²) in [6.45, 7) is 3.63. The van der Waals surface area contributed by atoms with Crippen LogP contribution < -0.4 is 10.6 Å². The first-order valence-electron chi connectivity index (χ1n) is 7.71. The number of carbonyl (C=O) groups is 3. The summed E-state index contributed by atoms with van der Waals surface area (Å²) in [6, 6.07) is 0. The highest BCUT2D eigenvalue weighted by molar-refractivity contribution is 5.87. The Morgan fingerprint density at radius 2 is 1.86 bits per heavy atom. The SMILES string of the molecule is CCCC(C)(NC(=O)CCNC(=O)C1CCCC1)C(=O)O. The van der Waals surface area contributed by atoms with E-state index < -0.39 is 11.5 Å². The predicted molar refractivity (Wildman–Crippen MR) is 78.7 cm³/mol. The van der Waals surface area contributed by atoms with E-state index in [0.717, 1.165) is 25.7 Å². The van der Waals surface area contributed by atoms with Gasteiger partial charge in [-0.3, -0.25) is 9.59 Å². The molecule has 0 heterocycles. The Balaban J connectivity index is 2.32. The van der Waals surface area contributed by atoms with Crippen LogP contribution in [0.1, 0.15) is 58.8 Å². The number of rotatable bonds is 8. The van der Waals surface area contributed by atoms with Crippen molar-refractivity contribution in [2.45, 2.75) is 64.3 Å². The first kappa shape index (κ1) is 17.5. The second-order valence-electron chi connectivity index (χ2n) is 5.96. The molecule has 0 bridgehead atoms. The van der Waals surface area contributed by atoms with Crippen LogP contribution in [-0.2, 0) is 14.4 Å². The first-order chi connectivity index (χ1) is 9.89. The minimum absolute atomic E-state index is 0.00912. The van der Waals surface area contributed by atoms with Crippen LogP contribution in [-0.4, -0.2) is 35.0 Å². The van der Waals surface area contributed by atoms with E-state index in [9.17, 15) is 19.5 Å². The van der Waals surface area contributed by atoms with Crippen LogP contribution in [0.25, 0.3) is 0 Å². The van der Waals surface area contributed by atoms with Gasteiger partial charge < -0.3 is 15.7 Å². The molecule has 2 amide bonds. The van der Waals surface area contributed by atoms with E-state index >= 15 is 0 Å². The molecule has 1 atom stereocenters. The van der Waals surface area contributed by atoms with Gasteiger partial charge in [-0.1, -0.05) is 26.2 Å². The predicted octanol–water partition coefficient (Wildman–Crippen LogP) is 1.44. The number of hydrogen-bond donors (Lipinski definition) is 3. The van der Waals surface area contributed by atoms with Gasteiger partial charge in [0.15, 0.2) is 0 Å². The Hall–Kier alpha value is -1.59. The maximum atomic E-state index is 11.8. The largest absolute Gasteiger partial charge is 0.480 e. The summed E-state index contributed by atoms with van der Waals surface area (Å²) in [6.07, 6.45) is 5.17. The van der Waals surface area contributed by atoms with Gasteiger partial charge in [-0.2, -0.15) is 0 Å². The number of amides is 2. The Kier molecular flexibility index (Phi) is 6.65. The van der Waals surface area contributed by atoms with Crippen LogP contribution in [0.15, 0.2) is 0 Å². The van der Waals surface area contributed by atoms with Crippen molar-refractivity contribution < 1.29 is 19.5 Å². The molecule has 1 aliphatic carbocycles. The minimum atomic E-state index is -1.23. The van der Waals surface area contributed by atoms with Gasteiger partial charge in [-0.05, 0) is 26.2 Å². The fourth-order valence-corrected chi connectivity index (χ4v) is 2.72. The quantitative estimate of drug-likeness (QED) is 0.632. The van der Waals surface area contributed by atoms with E-state index in [-0.39, 0.29) is 30.7 Å². The molecule has 0 saturated heterocycles. The van der Waals surface area contributed by atoms with Crippen molar-refractivity contribution in [2.75, 3.05) is 6.54 Å². The summed E-state index contributed by atoms with van der Waals surface area (Å²) in [4.78, 5) is 34.8. The van der Waals surface area contributed by atoms with E-state index in [1.807, 2.05) is 6.92 Å². The number of carboxylic acids is 1. The first-order valence-corrected chi connectivity index (χ1v) is 7.71. The van der Waals surface area contributed by atoms with E-state index in [4.69, 9.17) is 0 Å². The lowest BCUT2D eigenvalue weighted by Crippen LogP contribution is -2.52. The monoisotopic (exact) mass is 298 g/mol. The summed E-state index contributed by atoms with van der Waals surface area (Å²) in [7, 11) is 0. The number of carboxylic acid groups (broad SMARTS) is 1. The molecule has 0 aromatic heterocycles. The third-order valence-corrected chi connectivity index (χ3v) is 4.01. The molecular formula is C15H26N2O4. The van der Waals surface area contributed by atoms with Gasteiger partial charge >= 0.3 is 5.97 Å². The molecule has 0 aliphatic heterocycles. The average molecular weight is 298 g/mol. The van der Waals surface area contributed by atoms with Crippen LogP contribution in [0, 0.1) is 5.92 Å². The maximum Gasteiger partial charge on any atom is 0.329 e. The van der Waals surface area contributed by atoms with Crippen LogP contribution >= 0.6 is 0 Å². The van der Waals surface area contributed by atoms with Crippen molar-refractivity contribution >= 4 is 17.8 Å². The van der Waals surface area contributed by atoms with E-state index in [1.54, 1.807) is 0 Å². The zero-order chi connectivity index (χ0) is 15.9. The lowest BCUT2D eigenvalue weighted by molar-refractivity contribution is -0.147. The molecule has 1 rings (SSSR count). The van der Waals surface area contributed by atoms with Crippen molar-refractivity contribution in [1.82, 2.24) is 10.6 Å². The van der Waals surface area contributed by atoms with Crippen LogP contribution in [0.4, 0.5) is 0 Å². The third-order valence-electron chi connectivity index (χ3n) is 4.01. The molecule has 1 saturated carbocycles. The Labute approximate surface area is 125 Å². The molecule has 21 heavy (non-hydrogen) atoms. The molecule has 3 N–H and O–H groups in total. The summed E-state index contributed by atoms with van der Waals surface area (Å²) in [5, 5.41) is 14.5. The van der Waals surface area contributed by atoms with E-state index in [0.29, 0.717) is 12.8 Å². The average Bonchev–Trinajstić information content (AvgIpc) is 2.92. The summed E-state index contributed by atoms with van der Waals surface area (Å²) >= 11 is 0. The molecule has 120 valence electrons. The van der Waals surface area contributed by atoms with Crippen molar-refractivity contribution in [3.05, 3.63) is 0 Å². The number of nitrogens with one attached hydrogen (secondary N) is 2. The third kappa shape index (κ3) is 5.36.